The summed E-state index contributed by atoms with van der Waals surface area (Å²) in [4.78, 5) is 27.9. The van der Waals surface area contributed by atoms with Crippen LogP contribution in [0, 0.1) is 0 Å². The number of ether oxygens (including phenoxy) is 3. The van der Waals surface area contributed by atoms with Crippen molar-refractivity contribution in [3.63, 3.8) is 0 Å². The molecule has 0 atom stereocenters. The molecule has 0 unspecified atom stereocenters. The Labute approximate surface area is 228 Å². The first-order chi connectivity index (χ1) is 18.5. The van der Waals surface area contributed by atoms with Gasteiger partial charge in [0.2, 0.25) is 11.8 Å². The van der Waals surface area contributed by atoms with E-state index < -0.39 is 0 Å². The normalized spacial score (nSPS) is 14.5. The zero-order chi connectivity index (χ0) is 26.7. The minimum atomic E-state index is -0.311. The van der Waals surface area contributed by atoms with E-state index in [1.54, 1.807) is 30.2 Å². The molecular formula is C30H33ClN2O5. The van der Waals surface area contributed by atoms with Crippen LogP contribution < -0.4 is 19.5 Å². The second kappa shape index (κ2) is 13.7. The number of methoxy groups -OCH3 is 1. The summed E-state index contributed by atoms with van der Waals surface area (Å²) in [6.45, 7) is 0.973. The number of carbonyl (C=O) groups is 2. The van der Waals surface area contributed by atoms with E-state index in [4.69, 9.17) is 25.8 Å². The molecule has 0 saturated carbocycles. The highest BCUT2D eigenvalue weighted by molar-refractivity contribution is 6.31. The number of hydrogen-bond donors (Lipinski definition) is 1. The number of carbonyl (C=O) groups excluding carboxylic acids is 2. The summed E-state index contributed by atoms with van der Waals surface area (Å²) < 4.78 is 17.5. The summed E-state index contributed by atoms with van der Waals surface area (Å²) in [5, 5.41) is 3.34. The number of aryl methyl sites for hydroxylation is 1. The summed E-state index contributed by atoms with van der Waals surface area (Å²) in [5.74, 6) is 2.06. The van der Waals surface area contributed by atoms with Crippen molar-refractivity contribution in [2.24, 2.45) is 0 Å². The third-order valence-corrected chi connectivity index (χ3v) is 6.57. The molecule has 200 valence electrons. The molecule has 0 bridgehead atoms. The number of amides is 2. The van der Waals surface area contributed by atoms with Gasteiger partial charge in [-0.3, -0.25) is 9.59 Å². The van der Waals surface area contributed by atoms with E-state index in [0.717, 1.165) is 37.0 Å². The highest BCUT2D eigenvalue weighted by atomic mass is 35.5. The standard InChI is InChI=1S/C30H33ClN2O5/c1-36-25-12-4-3-10-22(25)11-9-15-30(35)33-18-7-2-8-19-37-27-13-5-6-14-28(27)38-26-17-16-23(31)20-24(26)32-29(34)21-33/h3-6,10,12-14,16-17,20H,2,7-9,11,15,18-19,21H2,1H3,(H,32,34). The van der Waals surface area contributed by atoms with Crippen LogP contribution in [0.1, 0.15) is 37.7 Å². The fourth-order valence-electron chi connectivity index (χ4n) is 4.38. The molecular weight excluding hydrogens is 504 g/mol. The van der Waals surface area contributed by atoms with E-state index in [0.29, 0.717) is 54.0 Å². The Kier molecular flexibility index (Phi) is 9.87. The summed E-state index contributed by atoms with van der Waals surface area (Å²) in [7, 11) is 1.64. The number of nitrogens with zero attached hydrogens (tertiary/aromatic N) is 1. The number of halogens is 1. The van der Waals surface area contributed by atoms with Crippen LogP contribution in [0.15, 0.2) is 66.7 Å². The molecule has 0 saturated heterocycles. The Balaban J connectivity index is 1.47. The van der Waals surface area contributed by atoms with Crippen molar-refractivity contribution >= 4 is 29.1 Å². The van der Waals surface area contributed by atoms with Crippen molar-refractivity contribution in [3.05, 3.63) is 77.3 Å². The first-order valence-corrected chi connectivity index (χ1v) is 13.3. The highest BCUT2D eigenvalue weighted by Crippen LogP contribution is 2.36. The van der Waals surface area contributed by atoms with Crippen molar-refractivity contribution in [1.29, 1.82) is 0 Å². The van der Waals surface area contributed by atoms with Gasteiger partial charge >= 0.3 is 0 Å². The molecule has 1 N–H and O–H groups in total. The van der Waals surface area contributed by atoms with E-state index in [1.165, 1.54) is 0 Å². The van der Waals surface area contributed by atoms with Crippen LogP contribution in [0.25, 0.3) is 0 Å². The first-order valence-electron chi connectivity index (χ1n) is 12.9. The number of nitrogens with one attached hydrogen (secondary N) is 1. The van der Waals surface area contributed by atoms with Gasteiger partial charge in [-0.1, -0.05) is 41.9 Å². The van der Waals surface area contributed by atoms with Crippen LogP contribution in [0.2, 0.25) is 5.02 Å². The van der Waals surface area contributed by atoms with Crippen LogP contribution in [0.5, 0.6) is 23.0 Å². The van der Waals surface area contributed by atoms with Crippen molar-refractivity contribution in [1.82, 2.24) is 4.90 Å². The van der Waals surface area contributed by atoms with Gasteiger partial charge < -0.3 is 24.4 Å². The van der Waals surface area contributed by atoms with Gasteiger partial charge in [-0.25, -0.2) is 0 Å². The van der Waals surface area contributed by atoms with Crippen LogP contribution in [0.3, 0.4) is 0 Å². The van der Waals surface area contributed by atoms with Gasteiger partial charge in [0.05, 0.1) is 25.9 Å². The van der Waals surface area contributed by atoms with Crippen LogP contribution in [-0.4, -0.2) is 43.5 Å². The lowest BCUT2D eigenvalue weighted by Gasteiger charge is -2.23. The predicted octanol–water partition coefficient (Wildman–Crippen LogP) is 6.49. The number of fused-ring (bicyclic) bond motifs is 2. The third-order valence-electron chi connectivity index (χ3n) is 6.33. The summed E-state index contributed by atoms with van der Waals surface area (Å²) in [6, 6.07) is 20.3. The van der Waals surface area contributed by atoms with Crippen molar-refractivity contribution < 1.29 is 23.8 Å². The Bertz CT molecular complexity index is 1250. The Morgan fingerprint density at radius 1 is 1.00 bits per heavy atom. The molecule has 0 fully saturated rings. The zero-order valence-electron chi connectivity index (χ0n) is 21.6. The van der Waals surface area contributed by atoms with Crippen LogP contribution in [-0.2, 0) is 16.0 Å². The third kappa shape index (κ3) is 7.65. The number of rotatable bonds is 5. The maximum absolute atomic E-state index is 13.2. The first kappa shape index (κ1) is 27.3. The maximum atomic E-state index is 13.2. The second-order valence-corrected chi connectivity index (χ2v) is 9.56. The van der Waals surface area contributed by atoms with Crippen molar-refractivity contribution in [3.8, 4) is 23.0 Å². The molecule has 0 radical (unpaired) electrons. The molecule has 38 heavy (non-hydrogen) atoms. The lowest BCUT2D eigenvalue weighted by molar-refractivity contribution is -0.134. The number of benzene rings is 3. The number of para-hydroxylation sites is 3. The number of anilines is 1. The smallest absolute Gasteiger partial charge is 0.244 e. The minimum absolute atomic E-state index is 0.0491. The van der Waals surface area contributed by atoms with E-state index in [-0.39, 0.29) is 18.4 Å². The lowest BCUT2D eigenvalue weighted by Crippen LogP contribution is -2.38. The molecule has 1 heterocycles. The van der Waals surface area contributed by atoms with Gasteiger partial charge in [0.15, 0.2) is 17.2 Å². The molecule has 1 aliphatic rings. The van der Waals surface area contributed by atoms with Crippen molar-refractivity contribution in [2.45, 2.75) is 38.5 Å². The van der Waals surface area contributed by atoms with Gasteiger partial charge in [0.1, 0.15) is 5.75 Å². The molecule has 1 aliphatic heterocycles. The average Bonchev–Trinajstić information content (AvgIpc) is 2.92. The highest BCUT2D eigenvalue weighted by Gasteiger charge is 2.19. The van der Waals surface area contributed by atoms with Crippen LogP contribution in [0.4, 0.5) is 5.69 Å². The number of hydrogen-bond acceptors (Lipinski definition) is 5. The Morgan fingerprint density at radius 3 is 2.63 bits per heavy atom. The summed E-state index contributed by atoms with van der Waals surface area (Å²) >= 11 is 6.22. The fourth-order valence-corrected chi connectivity index (χ4v) is 4.55. The average molecular weight is 537 g/mol. The molecule has 7 nitrogen and oxygen atoms in total. The van der Waals surface area contributed by atoms with E-state index in [1.807, 2.05) is 48.5 Å². The molecule has 2 amide bonds. The lowest BCUT2D eigenvalue weighted by atomic mass is 10.1. The SMILES string of the molecule is COc1ccccc1CCCC(=O)N1CCCCCOc2ccccc2Oc2ccc(Cl)cc2NC(=O)C1. The molecule has 4 rings (SSSR count). The molecule has 0 aromatic heterocycles. The monoisotopic (exact) mass is 536 g/mol. The van der Waals surface area contributed by atoms with Gasteiger partial charge in [0.25, 0.3) is 0 Å². The zero-order valence-corrected chi connectivity index (χ0v) is 22.3. The minimum Gasteiger partial charge on any atom is -0.496 e. The molecule has 0 aliphatic carbocycles. The summed E-state index contributed by atoms with van der Waals surface area (Å²) in [6.07, 6.45) is 4.19. The van der Waals surface area contributed by atoms with E-state index in [9.17, 15) is 9.59 Å². The topological polar surface area (TPSA) is 77.1 Å². The van der Waals surface area contributed by atoms with Gasteiger partial charge in [-0.2, -0.15) is 0 Å². The molecule has 3 aromatic rings. The maximum Gasteiger partial charge on any atom is 0.244 e. The Morgan fingerprint density at radius 2 is 1.79 bits per heavy atom. The predicted molar refractivity (Wildman–Crippen MR) is 148 cm³/mol. The van der Waals surface area contributed by atoms with E-state index >= 15 is 0 Å². The van der Waals surface area contributed by atoms with Crippen LogP contribution >= 0.6 is 11.6 Å². The van der Waals surface area contributed by atoms with Crippen molar-refractivity contribution in [2.75, 3.05) is 32.1 Å². The van der Waals surface area contributed by atoms with Gasteiger partial charge in [-0.05, 0) is 74.1 Å². The van der Waals surface area contributed by atoms with Gasteiger partial charge in [-0.15, -0.1) is 0 Å². The molecule has 8 heteroatoms. The molecule has 0 spiro atoms. The quantitative estimate of drug-likeness (QED) is 0.403. The Hall–Kier alpha value is -3.71. The van der Waals surface area contributed by atoms with Gasteiger partial charge in [0, 0.05) is 18.0 Å². The second-order valence-electron chi connectivity index (χ2n) is 9.13. The van der Waals surface area contributed by atoms with E-state index in [2.05, 4.69) is 5.32 Å². The molecule has 3 aromatic carbocycles. The fraction of sp³-hybridized carbons (Fsp3) is 0.333. The largest absolute Gasteiger partial charge is 0.496 e. The summed E-state index contributed by atoms with van der Waals surface area (Å²) in [5.41, 5.74) is 1.49.